The number of hydrogen-bond acceptors (Lipinski definition) is 6. The molecule has 1 rings (SSSR count). The van der Waals surface area contributed by atoms with Gasteiger partial charge in [0, 0.05) is 6.20 Å². The first kappa shape index (κ1) is 16.7. The van der Waals surface area contributed by atoms with Crippen LogP contribution in [0.15, 0.2) is 24.0 Å². The van der Waals surface area contributed by atoms with Crippen molar-refractivity contribution in [2.24, 2.45) is 0 Å². The van der Waals surface area contributed by atoms with Crippen LogP contribution in [0.25, 0.3) is 0 Å². The van der Waals surface area contributed by atoms with Crippen LogP contribution in [0.1, 0.15) is 31.0 Å². The lowest BCUT2D eigenvalue weighted by Gasteiger charge is -2.17. The Hall–Kier alpha value is -2.37. The second-order valence-corrected chi connectivity index (χ2v) is 4.74. The molecule has 0 aromatic carbocycles. The summed E-state index contributed by atoms with van der Waals surface area (Å²) in [4.78, 5) is 27.5. The van der Waals surface area contributed by atoms with Crippen molar-refractivity contribution >= 4 is 17.6 Å². The highest BCUT2D eigenvalue weighted by molar-refractivity contribution is 5.99. The third-order valence-corrected chi connectivity index (χ3v) is 2.86. The highest BCUT2D eigenvalue weighted by Crippen LogP contribution is 2.26. The highest BCUT2D eigenvalue weighted by Gasteiger charge is 2.17. The first-order chi connectivity index (χ1) is 9.90. The Labute approximate surface area is 124 Å². The molecule has 0 unspecified atom stereocenters. The van der Waals surface area contributed by atoms with Gasteiger partial charge in [-0.3, -0.25) is 4.98 Å². The highest BCUT2D eigenvalue weighted by atomic mass is 16.5. The van der Waals surface area contributed by atoms with E-state index >= 15 is 0 Å². The third-order valence-electron chi connectivity index (χ3n) is 2.86. The van der Waals surface area contributed by atoms with Crippen LogP contribution in [0.4, 0.5) is 5.69 Å². The molecule has 0 spiro atoms. The van der Waals surface area contributed by atoms with Crippen LogP contribution < -0.4 is 5.32 Å². The molecule has 1 aromatic heterocycles. The van der Waals surface area contributed by atoms with Crippen molar-refractivity contribution in [1.82, 2.24) is 4.98 Å². The Morgan fingerprint density at radius 3 is 2.48 bits per heavy atom. The van der Waals surface area contributed by atoms with Crippen LogP contribution in [0.5, 0.6) is 0 Å². The number of ether oxygens (including phenoxy) is 2. The predicted octanol–water partition coefficient (Wildman–Crippen LogP) is 2.16. The molecule has 0 saturated heterocycles. The number of carbonyl (C=O) groups excluding carboxylic acids is 2. The largest absolute Gasteiger partial charge is 0.466 e. The lowest BCUT2D eigenvalue weighted by Crippen LogP contribution is -2.17. The van der Waals surface area contributed by atoms with Crippen LogP contribution in [0.2, 0.25) is 0 Å². The smallest absolute Gasteiger partial charge is 0.354 e. The standard InChI is InChI=1S/C15H20N2O4/c1-9(2)13-14(10(3)6-7-16-13)17-11(15(19)21-5)8-12(18)20-4/h6-9,17H,1-5H3. The number of pyridine rings is 1. The van der Waals surface area contributed by atoms with Crippen LogP contribution >= 0.6 is 0 Å². The molecule has 6 nitrogen and oxygen atoms in total. The van der Waals surface area contributed by atoms with Gasteiger partial charge in [-0.15, -0.1) is 0 Å². The Kier molecular flexibility index (Phi) is 5.90. The maximum absolute atomic E-state index is 11.8. The second-order valence-electron chi connectivity index (χ2n) is 4.74. The summed E-state index contributed by atoms with van der Waals surface area (Å²) in [5.74, 6) is -1.14. The van der Waals surface area contributed by atoms with Gasteiger partial charge in [-0.1, -0.05) is 13.8 Å². The number of methoxy groups -OCH3 is 2. The molecule has 0 aliphatic carbocycles. The number of carbonyl (C=O) groups is 2. The molecule has 0 aliphatic rings. The maximum atomic E-state index is 11.8. The number of rotatable bonds is 5. The monoisotopic (exact) mass is 292 g/mol. The number of aromatic nitrogens is 1. The van der Waals surface area contributed by atoms with E-state index in [0.29, 0.717) is 5.69 Å². The fraction of sp³-hybridized carbons (Fsp3) is 0.400. The summed E-state index contributed by atoms with van der Waals surface area (Å²) in [6.45, 7) is 5.88. The summed E-state index contributed by atoms with van der Waals surface area (Å²) < 4.78 is 9.21. The third kappa shape index (κ3) is 4.30. The van der Waals surface area contributed by atoms with Gasteiger partial charge in [0.2, 0.25) is 0 Å². The van der Waals surface area contributed by atoms with Gasteiger partial charge in [0.05, 0.1) is 31.7 Å². The van der Waals surface area contributed by atoms with Gasteiger partial charge >= 0.3 is 11.9 Å². The van der Waals surface area contributed by atoms with Crippen molar-refractivity contribution in [3.63, 3.8) is 0 Å². The van der Waals surface area contributed by atoms with E-state index in [9.17, 15) is 9.59 Å². The van der Waals surface area contributed by atoms with E-state index in [-0.39, 0.29) is 11.6 Å². The van der Waals surface area contributed by atoms with Gasteiger partial charge in [0.15, 0.2) is 0 Å². The molecule has 1 aromatic rings. The fourth-order valence-corrected chi connectivity index (χ4v) is 1.75. The van der Waals surface area contributed by atoms with Crippen LogP contribution in [-0.2, 0) is 19.1 Å². The van der Waals surface area contributed by atoms with Gasteiger partial charge in [-0.25, -0.2) is 9.59 Å². The van der Waals surface area contributed by atoms with Crippen molar-refractivity contribution in [3.8, 4) is 0 Å². The molecule has 0 amide bonds. The molecular formula is C15H20N2O4. The summed E-state index contributed by atoms with van der Waals surface area (Å²) in [5, 5.41) is 2.94. The molecule has 0 aliphatic heterocycles. The van der Waals surface area contributed by atoms with Crippen molar-refractivity contribution in [2.75, 3.05) is 19.5 Å². The molecule has 0 fully saturated rings. The SMILES string of the molecule is COC(=O)C=C(Nc1c(C)ccnc1C(C)C)C(=O)OC. The lowest BCUT2D eigenvalue weighted by atomic mass is 10.0. The van der Waals surface area contributed by atoms with E-state index in [1.54, 1.807) is 6.20 Å². The average molecular weight is 292 g/mol. The summed E-state index contributed by atoms with van der Waals surface area (Å²) in [5.41, 5.74) is 2.40. The minimum absolute atomic E-state index is 0.00218. The minimum atomic E-state index is -0.654. The molecule has 0 atom stereocenters. The molecular weight excluding hydrogens is 272 g/mol. The zero-order valence-corrected chi connectivity index (χ0v) is 12.9. The van der Waals surface area contributed by atoms with Crippen molar-refractivity contribution in [1.29, 1.82) is 0 Å². The predicted molar refractivity (Wildman–Crippen MR) is 78.8 cm³/mol. The summed E-state index contributed by atoms with van der Waals surface area (Å²) in [6, 6.07) is 1.82. The summed E-state index contributed by atoms with van der Waals surface area (Å²) in [7, 11) is 2.48. The molecule has 6 heteroatoms. The van der Waals surface area contributed by atoms with E-state index in [2.05, 4.69) is 19.8 Å². The normalized spacial score (nSPS) is 11.2. The quantitative estimate of drug-likeness (QED) is 0.662. The number of esters is 2. The van der Waals surface area contributed by atoms with Crippen molar-refractivity contribution in [2.45, 2.75) is 26.7 Å². The fourth-order valence-electron chi connectivity index (χ4n) is 1.75. The molecule has 114 valence electrons. The zero-order chi connectivity index (χ0) is 16.0. The minimum Gasteiger partial charge on any atom is -0.466 e. The molecule has 0 radical (unpaired) electrons. The van der Waals surface area contributed by atoms with Gasteiger partial charge in [-0.2, -0.15) is 0 Å². The summed E-state index contributed by atoms with van der Waals surface area (Å²) in [6.07, 6.45) is 2.76. The molecule has 1 heterocycles. The van der Waals surface area contributed by atoms with Gasteiger partial charge < -0.3 is 14.8 Å². The number of nitrogens with one attached hydrogen (secondary N) is 1. The topological polar surface area (TPSA) is 77.5 Å². The first-order valence-electron chi connectivity index (χ1n) is 6.51. The Morgan fingerprint density at radius 2 is 1.95 bits per heavy atom. The van der Waals surface area contributed by atoms with E-state index < -0.39 is 11.9 Å². The Balaban J connectivity index is 3.24. The average Bonchev–Trinajstić information content (AvgIpc) is 2.46. The Morgan fingerprint density at radius 1 is 1.29 bits per heavy atom. The number of hydrogen-bond donors (Lipinski definition) is 1. The lowest BCUT2D eigenvalue weighted by molar-refractivity contribution is -0.138. The van der Waals surface area contributed by atoms with E-state index in [0.717, 1.165) is 17.3 Å². The maximum Gasteiger partial charge on any atom is 0.354 e. The number of aryl methyl sites for hydroxylation is 1. The van der Waals surface area contributed by atoms with Crippen LogP contribution in [-0.4, -0.2) is 31.1 Å². The van der Waals surface area contributed by atoms with Crippen LogP contribution in [0.3, 0.4) is 0 Å². The van der Waals surface area contributed by atoms with Crippen molar-refractivity contribution < 1.29 is 19.1 Å². The molecule has 21 heavy (non-hydrogen) atoms. The van der Waals surface area contributed by atoms with E-state index in [4.69, 9.17) is 0 Å². The number of nitrogens with zero attached hydrogens (tertiary/aromatic N) is 1. The van der Waals surface area contributed by atoms with Gasteiger partial charge in [0.1, 0.15) is 5.70 Å². The van der Waals surface area contributed by atoms with Gasteiger partial charge in [0.25, 0.3) is 0 Å². The van der Waals surface area contributed by atoms with E-state index in [1.807, 2.05) is 26.8 Å². The molecule has 0 saturated carbocycles. The summed E-state index contributed by atoms with van der Waals surface area (Å²) >= 11 is 0. The molecule has 0 bridgehead atoms. The van der Waals surface area contributed by atoms with Crippen LogP contribution in [0, 0.1) is 6.92 Å². The van der Waals surface area contributed by atoms with Gasteiger partial charge in [-0.05, 0) is 24.5 Å². The van der Waals surface area contributed by atoms with E-state index in [1.165, 1.54) is 14.2 Å². The zero-order valence-electron chi connectivity index (χ0n) is 12.9. The number of anilines is 1. The Bertz CT molecular complexity index is 565. The first-order valence-corrected chi connectivity index (χ1v) is 6.51. The second kappa shape index (κ2) is 7.42. The van der Waals surface area contributed by atoms with Crippen molar-refractivity contribution in [3.05, 3.63) is 35.3 Å². The molecule has 1 N–H and O–H groups in total.